The van der Waals surface area contributed by atoms with Gasteiger partial charge in [0.05, 0.1) is 7.11 Å². The van der Waals surface area contributed by atoms with Gasteiger partial charge >= 0.3 is 0 Å². The number of ether oxygens (including phenoxy) is 1. The maximum absolute atomic E-state index is 5.03. The quantitative estimate of drug-likeness (QED) is 0.496. The fraction of sp³-hybridized carbons (Fsp3) is 0.500. The predicted octanol–water partition coefficient (Wildman–Crippen LogP) is 2.85. The molecule has 2 nitrogen and oxygen atoms in total. The molecule has 0 aliphatic heterocycles. The van der Waals surface area contributed by atoms with Crippen molar-refractivity contribution in [1.29, 1.82) is 0 Å². The van der Waals surface area contributed by atoms with Crippen LogP contribution in [0.4, 0.5) is 0 Å². The van der Waals surface area contributed by atoms with Crippen LogP contribution in [0, 0.1) is 0 Å². The highest BCUT2D eigenvalue weighted by Crippen LogP contribution is 2.08. The Labute approximate surface area is 88.6 Å². The normalized spacial score (nSPS) is 10.3. The van der Waals surface area contributed by atoms with Crippen LogP contribution in [0.5, 0.6) is 0 Å². The highest BCUT2D eigenvalue weighted by molar-refractivity contribution is 5.28. The van der Waals surface area contributed by atoms with Crippen molar-refractivity contribution in [2.24, 2.45) is 0 Å². The largest absolute Gasteiger partial charge is 0.497 e. The van der Waals surface area contributed by atoms with E-state index < -0.39 is 0 Å². The second kappa shape index (κ2) is 10.1. The number of allylic oxidation sites excluding steroid dienone is 2. The monoisotopic (exact) mass is 197 g/mol. The average Bonchev–Trinajstić information content (AvgIpc) is 2.18. The molecule has 0 aromatic rings. The smallest absolute Gasteiger partial charge is 0.116 e. The summed E-state index contributed by atoms with van der Waals surface area (Å²) in [5.41, 5.74) is 1.05. The summed E-state index contributed by atoms with van der Waals surface area (Å²) >= 11 is 0. The summed E-state index contributed by atoms with van der Waals surface area (Å²) < 4.78 is 5.03. The zero-order chi connectivity index (χ0) is 11.6. The first-order chi connectivity index (χ1) is 6.61. The van der Waals surface area contributed by atoms with Crippen LogP contribution in [0.2, 0.25) is 0 Å². The topological polar surface area (TPSA) is 12.5 Å². The molecule has 0 spiro atoms. The average molecular weight is 197 g/mol. The number of nitrogens with zero attached hydrogens (tertiary/aromatic N) is 1. The van der Waals surface area contributed by atoms with E-state index in [0.29, 0.717) is 5.76 Å². The molecule has 0 N–H and O–H groups in total. The van der Waals surface area contributed by atoms with E-state index in [1.165, 1.54) is 0 Å². The Hall–Kier alpha value is -1.02. The first kappa shape index (κ1) is 15.5. The molecule has 0 aromatic carbocycles. The van der Waals surface area contributed by atoms with E-state index in [1.54, 1.807) is 13.2 Å². The maximum Gasteiger partial charge on any atom is 0.116 e. The lowest BCUT2D eigenvalue weighted by atomic mass is 10.2. The van der Waals surface area contributed by atoms with Crippen molar-refractivity contribution in [2.45, 2.75) is 13.8 Å². The van der Waals surface area contributed by atoms with Gasteiger partial charge in [-0.05, 0) is 14.1 Å². The Kier molecular flexibility index (Phi) is 11.1. The van der Waals surface area contributed by atoms with Gasteiger partial charge in [-0.1, -0.05) is 39.2 Å². The zero-order valence-corrected chi connectivity index (χ0v) is 10.1. The lowest BCUT2D eigenvalue weighted by molar-refractivity contribution is 0.294. The summed E-state index contributed by atoms with van der Waals surface area (Å²) in [4.78, 5) is 2.06. The molecular formula is C12H23NO. The van der Waals surface area contributed by atoms with E-state index in [1.807, 2.05) is 34.0 Å². The van der Waals surface area contributed by atoms with Gasteiger partial charge < -0.3 is 9.64 Å². The number of likely N-dealkylation sites (N-methyl/N-ethyl adjacent to an activating group) is 1. The minimum Gasteiger partial charge on any atom is -0.497 e. The van der Waals surface area contributed by atoms with Crippen LogP contribution in [0.3, 0.4) is 0 Å². The molecule has 0 atom stereocenters. The van der Waals surface area contributed by atoms with Crippen LogP contribution >= 0.6 is 0 Å². The predicted molar refractivity (Wildman–Crippen MR) is 64.3 cm³/mol. The Morgan fingerprint density at radius 1 is 1.36 bits per heavy atom. The highest BCUT2D eigenvalue weighted by atomic mass is 16.5. The molecule has 0 aliphatic rings. The van der Waals surface area contributed by atoms with Gasteiger partial charge in [0.2, 0.25) is 0 Å². The van der Waals surface area contributed by atoms with Gasteiger partial charge in [0.1, 0.15) is 5.76 Å². The molecule has 0 fully saturated rings. The van der Waals surface area contributed by atoms with Crippen molar-refractivity contribution in [3.05, 3.63) is 36.6 Å². The number of hydrogen-bond acceptors (Lipinski definition) is 2. The lowest BCUT2D eigenvalue weighted by Crippen LogP contribution is -2.16. The third kappa shape index (κ3) is 7.62. The third-order valence-corrected chi connectivity index (χ3v) is 1.41. The first-order valence-corrected chi connectivity index (χ1v) is 4.81. The maximum atomic E-state index is 5.03. The minimum absolute atomic E-state index is 0.698. The Bertz CT molecular complexity index is 192. The molecule has 0 saturated carbocycles. The molecule has 14 heavy (non-hydrogen) atoms. The molecule has 82 valence electrons. The van der Waals surface area contributed by atoms with Crippen LogP contribution in [0.1, 0.15) is 13.8 Å². The number of methoxy groups -OCH3 is 1. The standard InChI is InChI=1S/C10H17NO.C2H6/c1-6-7-10(8-11(3)4)9(2)12-5;1-2/h6-7H,1-2,8H2,3-5H3;1-2H3/b10-7-;. The first-order valence-electron chi connectivity index (χ1n) is 4.81. The second-order valence-corrected chi connectivity index (χ2v) is 2.79. The minimum atomic E-state index is 0.698. The van der Waals surface area contributed by atoms with Crippen molar-refractivity contribution >= 4 is 0 Å². The van der Waals surface area contributed by atoms with Gasteiger partial charge in [0.15, 0.2) is 0 Å². The van der Waals surface area contributed by atoms with Crippen LogP contribution in [-0.4, -0.2) is 32.6 Å². The van der Waals surface area contributed by atoms with E-state index in [9.17, 15) is 0 Å². The van der Waals surface area contributed by atoms with Crippen LogP contribution in [0.15, 0.2) is 36.6 Å². The highest BCUT2D eigenvalue weighted by Gasteiger charge is 2.02. The van der Waals surface area contributed by atoms with Gasteiger partial charge in [0, 0.05) is 12.1 Å². The summed E-state index contributed by atoms with van der Waals surface area (Å²) in [5, 5.41) is 0. The van der Waals surface area contributed by atoms with Crippen molar-refractivity contribution in [3.8, 4) is 0 Å². The summed E-state index contributed by atoms with van der Waals surface area (Å²) in [5.74, 6) is 0.698. The van der Waals surface area contributed by atoms with Crippen LogP contribution in [-0.2, 0) is 4.74 Å². The molecule has 2 heteroatoms. The van der Waals surface area contributed by atoms with Crippen molar-refractivity contribution in [2.75, 3.05) is 27.7 Å². The molecular weight excluding hydrogens is 174 g/mol. The van der Waals surface area contributed by atoms with Crippen LogP contribution in [0.25, 0.3) is 0 Å². The Morgan fingerprint density at radius 2 is 1.86 bits per heavy atom. The van der Waals surface area contributed by atoms with E-state index in [4.69, 9.17) is 4.74 Å². The summed E-state index contributed by atoms with van der Waals surface area (Å²) in [6.45, 7) is 12.2. The third-order valence-electron chi connectivity index (χ3n) is 1.41. The molecule has 0 rings (SSSR count). The molecule has 0 aliphatic carbocycles. The van der Waals surface area contributed by atoms with E-state index in [-0.39, 0.29) is 0 Å². The van der Waals surface area contributed by atoms with E-state index in [2.05, 4.69) is 18.1 Å². The molecule has 0 amide bonds. The SMILES string of the molecule is C=C/C=C(/CN(C)C)C(=C)OC.CC. The van der Waals surface area contributed by atoms with Gasteiger partial charge in [0.25, 0.3) is 0 Å². The molecule has 0 saturated heterocycles. The van der Waals surface area contributed by atoms with Crippen molar-refractivity contribution in [3.63, 3.8) is 0 Å². The Balaban J connectivity index is 0. The summed E-state index contributed by atoms with van der Waals surface area (Å²) in [6, 6.07) is 0. The summed E-state index contributed by atoms with van der Waals surface area (Å²) in [7, 11) is 5.62. The van der Waals surface area contributed by atoms with E-state index >= 15 is 0 Å². The summed E-state index contributed by atoms with van der Waals surface area (Å²) in [6.07, 6.45) is 3.65. The number of hydrogen-bond donors (Lipinski definition) is 0. The second-order valence-electron chi connectivity index (χ2n) is 2.79. The molecule has 0 unspecified atom stereocenters. The van der Waals surface area contributed by atoms with Crippen molar-refractivity contribution in [1.82, 2.24) is 4.90 Å². The Morgan fingerprint density at radius 3 is 2.14 bits per heavy atom. The van der Waals surface area contributed by atoms with Gasteiger partial charge in [-0.15, -0.1) is 0 Å². The lowest BCUT2D eigenvalue weighted by Gasteiger charge is -2.14. The fourth-order valence-corrected chi connectivity index (χ4v) is 0.848. The van der Waals surface area contributed by atoms with Crippen LogP contribution < -0.4 is 0 Å². The molecule has 0 radical (unpaired) electrons. The van der Waals surface area contributed by atoms with E-state index in [0.717, 1.165) is 12.1 Å². The zero-order valence-electron chi connectivity index (χ0n) is 10.1. The number of rotatable bonds is 5. The fourth-order valence-electron chi connectivity index (χ4n) is 0.848. The molecule has 0 aromatic heterocycles. The molecule has 0 heterocycles. The van der Waals surface area contributed by atoms with Gasteiger partial charge in [-0.2, -0.15) is 0 Å². The van der Waals surface area contributed by atoms with Gasteiger partial charge in [-0.3, -0.25) is 0 Å². The molecule has 0 bridgehead atoms. The van der Waals surface area contributed by atoms with Gasteiger partial charge in [-0.25, -0.2) is 0 Å². The van der Waals surface area contributed by atoms with Crippen molar-refractivity contribution < 1.29 is 4.74 Å².